The number of rotatable bonds is 30. The molecule has 1 saturated heterocycles. The molecule has 6 amide bonds. The number of carboxylic acids is 1. The number of phenolic OH excluding ortho intramolecular Hbond substituents is 1. The van der Waals surface area contributed by atoms with Crippen molar-refractivity contribution in [3.63, 3.8) is 0 Å². The minimum atomic E-state index is -1.18. The number of hydrogen-bond acceptors (Lipinski definition) is 18. The number of carbonyl (C=O) groups excluding carboxylic acids is 8. The van der Waals surface area contributed by atoms with Crippen molar-refractivity contribution < 1.29 is 67.6 Å². The fourth-order valence-corrected chi connectivity index (χ4v) is 10.9. The number of amides is 6. The van der Waals surface area contributed by atoms with Gasteiger partial charge in [-0.25, -0.2) is 20.0 Å². The molecule has 8 atom stereocenters. The van der Waals surface area contributed by atoms with Crippen LogP contribution >= 0.6 is 32.9 Å². The van der Waals surface area contributed by atoms with Crippen LogP contribution in [0.3, 0.4) is 0 Å². The van der Waals surface area contributed by atoms with Gasteiger partial charge in [0.2, 0.25) is 23.6 Å². The van der Waals surface area contributed by atoms with E-state index in [-0.39, 0.29) is 78.0 Å². The summed E-state index contributed by atoms with van der Waals surface area (Å²) in [5, 5.41) is 29.2. The Balaban J connectivity index is 1.80. The molecule has 0 spiro atoms. The Kier molecular flexibility index (Phi) is 27.7. The highest BCUT2D eigenvalue weighted by molar-refractivity contribution is 8.76. The fraction of sp³-hybridized carbons (Fsp3) is 0.640. The summed E-state index contributed by atoms with van der Waals surface area (Å²) < 4.78 is 16.6. The number of nitrogens with one attached hydrogen (secondary N) is 5. The number of hydrogen-bond donors (Lipinski definition) is 7. The number of thiazole rings is 1. The number of ether oxygens (including phenoxy) is 3. The van der Waals surface area contributed by atoms with Gasteiger partial charge in [0.15, 0.2) is 12.8 Å². The maximum Gasteiger partial charge on any atom is 0.426 e. The van der Waals surface area contributed by atoms with Gasteiger partial charge in [-0.2, -0.15) is 0 Å². The number of aliphatic carboxylic acids is 1. The van der Waals surface area contributed by atoms with Crippen molar-refractivity contribution in [2.75, 3.05) is 38.4 Å². The van der Waals surface area contributed by atoms with Crippen molar-refractivity contribution in [1.29, 1.82) is 0 Å². The second-order valence-electron chi connectivity index (χ2n) is 18.9. The van der Waals surface area contributed by atoms with Gasteiger partial charge in [0.05, 0.1) is 6.04 Å². The van der Waals surface area contributed by atoms with Crippen LogP contribution in [-0.4, -0.2) is 147 Å². The van der Waals surface area contributed by atoms with Gasteiger partial charge in [-0.1, -0.05) is 88.1 Å². The molecule has 0 radical (unpaired) electrons. The minimum absolute atomic E-state index is 0.0127. The van der Waals surface area contributed by atoms with E-state index in [0.29, 0.717) is 19.3 Å². The molecule has 1 fully saturated rings. The molecule has 1 aromatic carbocycles. The molecule has 0 aliphatic carbocycles. The monoisotopic (exact) mass is 1110 g/mol. The normalized spacial score (nSPS) is 16.4. The first kappa shape index (κ1) is 63.6. The molecule has 75 heavy (non-hydrogen) atoms. The average Bonchev–Trinajstić information content (AvgIpc) is 3.86. The summed E-state index contributed by atoms with van der Waals surface area (Å²) in [7, 11) is 4.29. The lowest BCUT2D eigenvalue weighted by molar-refractivity contribution is -0.160. The summed E-state index contributed by atoms with van der Waals surface area (Å²) in [4.78, 5) is 124. The predicted octanol–water partition coefficient (Wildman–Crippen LogP) is 5.11. The molecule has 0 saturated carbocycles. The van der Waals surface area contributed by atoms with Crippen LogP contribution in [0.2, 0.25) is 0 Å². The van der Waals surface area contributed by atoms with Crippen molar-refractivity contribution in [2.45, 2.75) is 149 Å². The number of carbonyl (C=O) groups is 9. The Morgan fingerprint density at radius 1 is 0.920 bits per heavy atom. The number of aromatic hydroxyl groups is 1. The Labute approximate surface area is 451 Å². The lowest BCUT2D eigenvalue weighted by Gasteiger charge is -2.39. The number of nitrogens with zero attached hydrogens (tertiary/aromatic N) is 3. The molecule has 0 bridgehead atoms. The number of phenols is 1. The van der Waals surface area contributed by atoms with Crippen molar-refractivity contribution in [3.8, 4) is 5.75 Å². The number of aromatic nitrogens is 1. The van der Waals surface area contributed by atoms with E-state index in [0.717, 1.165) is 36.3 Å². The predicted molar refractivity (Wildman–Crippen MR) is 284 cm³/mol. The Morgan fingerprint density at radius 2 is 1.63 bits per heavy atom. The van der Waals surface area contributed by atoms with E-state index in [4.69, 9.17) is 14.2 Å². The largest absolute Gasteiger partial charge is 0.508 e. The number of esters is 2. The smallest absolute Gasteiger partial charge is 0.426 e. The first-order valence-electron chi connectivity index (χ1n) is 25.2. The zero-order valence-electron chi connectivity index (χ0n) is 44.3. The molecule has 1 aliphatic rings. The summed E-state index contributed by atoms with van der Waals surface area (Å²) in [5.41, 5.74) is 5.21. The van der Waals surface area contributed by atoms with Gasteiger partial charge >= 0.3 is 24.0 Å². The molecule has 418 valence electrons. The number of likely N-dealkylation sites (tertiary alicyclic amines) is 1. The van der Waals surface area contributed by atoms with Crippen LogP contribution in [0.4, 0.5) is 4.79 Å². The second kappa shape index (κ2) is 32.7. The minimum Gasteiger partial charge on any atom is -0.508 e. The van der Waals surface area contributed by atoms with E-state index in [2.05, 4.69) is 31.8 Å². The van der Waals surface area contributed by atoms with Crippen molar-refractivity contribution in [1.82, 2.24) is 41.6 Å². The summed E-state index contributed by atoms with van der Waals surface area (Å²) >= 11 is 1.06. The Bertz CT molecular complexity index is 2220. The average molecular weight is 1110 g/mol. The van der Waals surface area contributed by atoms with E-state index < -0.39 is 96.6 Å². The van der Waals surface area contributed by atoms with Crippen molar-refractivity contribution >= 4 is 86.5 Å². The van der Waals surface area contributed by atoms with Gasteiger partial charge in [-0.15, -0.1) is 11.3 Å². The Hall–Kier alpha value is -5.66. The number of piperidine rings is 1. The summed E-state index contributed by atoms with van der Waals surface area (Å²) in [5.74, 6) is -5.75. The van der Waals surface area contributed by atoms with Gasteiger partial charge in [-0.05, 0) is 75.2 Å². The fourth-order valence-electron chi connectivity index (χ4n) is 8.11. The second-order valence-corrected chi connectivity index (χ2v) is 22.4. The van der Waals surface area contributed by atoms with Crippen LogP contribution in [0.5, 0.6) is 5.75 Å². The van der Waals surface area contributed by atoms with Crippen LogP contribution in [0.15, 0.2) is 29.6 Å². The van der Waals surface area contributed by atoms with Gasteiger partial charge < -0.3 is 45.3 Å². The number of likely N-dealkylation sites (N-methyl/N-ethyl adjacent to an activating group) is 1. The SMILES string of the molecule is CCCC(=O)OCN(C(=O)[C@@H](NC(=O)[C@H]1CCCCN1C)C(C)CC)[C@H](C[C@@H](OC(C)=O)c1nc(C(=O)N[C@@H](Cc2ccc(O)cc2)C[C@H](C)C(=O)NNC(=O)OCCSSC[C@@H](NC(C)=O)C(=O)O)cs1)C(C)C. The van der Waals surface area contributed by atoms with Gasteiger partial charge in [0.25, 0.3) is 5.91 Å². The maximum atomic E-state index is 14.9. The first-order valence-corrected chi connectivity index (χ1v) is 28.6. The lowest BCUT2D eigenvalue weighted by atomic mass is 9.92. The van der Waals surface area contributed by atoms with Crippen molar-refractivity contribution in [2.24, 2.45) is 17.8 Å². The summed E-state index contributed by atoms with van der Waals surface area (Å²) in [6.45, 7) is 13.7. The first-order chi connectivity index (χ1) is 35.5. The van der Waals surface area contributed by atoms with Crippen LogP contribution in [0.25, 0.3) is 0 Å². The topological polar surface area (TPSA) is 301 Å². The third-order valence-electron chi connectivity index (χ3n) is 12.4. The summed E-state index contributed by atoms with van der Waals surface area (Å²) in [6.07, 6.45) is 1.95. The number of hydrazine groups is 1. The molecule has 2 aromatic rings. The standard InChI is InChI=1S/C50H76N8O14S3/c1-10-14-42(62)71-28-58(48(66)43(30(5)11-2)54-46(65)39-15-12-13-20-57(39)9)40(29(3)4)25-41(72-33(8)60)47-53-37(26-73-47)45(64)52-35(24-34-16-18-36(61)19-17-34)23-31(6)44(63)55-56-50(69)70-21-22-74-75-27-38(49(67)68)51-32(7)59/h16-19,26,29-31,35,38-41,43,61H,10-15,20-25,27-28H2,1-9H3,(H,51,59)(H,52,64)(H,54,65)(H,55,63)(H,56,69)(H,67,68)/t30?,31-,35+,38+,39+,40+,41+,43-/m0/s1. The van der Waals surface area contributed by atoms with Gasteiger partial charge in [0, 0.05) is 61.6 Å². The third kappa shape index (κ3) is 22.2. The Morgan fingerprint density at radius 3 is 2.24 bits per heavy atom. The van der Waals surface area contributed by atoms with Crippen molar-refractivity contribution in [3.05, 3.63) is 45.9 Å². The molecule has 7 N–H and O–H groups in total. The lowest BCUT2D eigenvalue weighted by Crippen LogP contribution is -2.59. The molecule has 25 heteroatoms. The quantitative estimate of drug-likeness (QED) is 0.0134. The highest BCUT2D eigenvalue weighted by Gasteiger charge is 2.39. The van der Waals surface area contributed by atoms with E-state index >= 15 is 0 Å². The zero-order chi connectivity index (χ0) is 55.8. The highest BCUT2D eigenvalue weighted by Crippen LogP contribution is 2.32. The zero-order valence-corrected chi connectivity index (χ0v) is 46.8. The maximum absolute atomic E-state index is 14.9. The van der Waals surface area contributed by atoms with E-state index in [1.165, 1.54) is 57.8 Å². The molecule has 3 rings (SSSR count). The number of carboxylic acid groups (broad SMARTS) is 1. The number of benzene rings is 1. The van der Waals surface area contributed by atoms with Crippen LogP contribution in [-0.2, 0) is 54.2 Å². The molecule has 2 heterocycles. The highest BCUT2D eigenvalue weighted by atomic mass is 33.1. The van der Waals surface area contributed by atoms with E-state index in [1.807, 2.05) is 46.6 Å². The van der Waals surface area contributed by atoms with Crippen LogP contribution in [0.1, 0.15) is 134 Å². The molecular formula is C50H76N8O14S3. The van der Waals surface area contributed by atoms with Crippen LogP contribution in [0, 0.1) is 17.8 Å². The van der Waals surface area contributed by atoms with Gasteiger partial charge in [0.1, 0.15) is 35.1 Å². The van der Waals surface area contributed by atoms with Gasteiger partial charge in [-0.3, -0.25) is 43.9 Å². The third-order valence-corrected chi connectivity index (χ3v) is 15.8. The van der Waals surface area contributed by atoms with Crippen LogP contribution < -0.4 is 26.8 Å². The molecular weight excluding hydrogens is 1030 g/mol. The molecule has 1 unspecified atom stereocenters. The van der Waals surface area contributed by atoms with E-state index in [9.17, 15) is 53.4 Å². The molecule has 1 aliphatic heterocycles. The van der Waals surface area contributed by atoms with E-state index in [1.54, 1.807) is 19.1 Å². The summed E-state index contributed by atoms with van der Waals surface area (Å²) in [6, 6.07) is 2.44. The molecule has 1 aromatic heterocycles. The molecule has 22 nitrogen and oxygen atoms in total.